The van der Waals surface area contributed by atoms with E-state index >= 15 is 0 Å². The van der Waals surface area contributed by atoms with Gasteiger partial charge >= 0.3 is 0 Å². The molecule has 1 heterocycles. The van der Waals surface area contributed by atoms with E-state index < -0.39 is 0 Å². The van der Waals surface area contributed by atoms with Gasteiger partial charge in [0.1, 0.15) is 5.75 Å². The molecule has 0 fully saturated rings. The van der Waals surface area contributed by atoms with Crippen LogP contribution in [0.15, 0.2) is 41.3 Å². The summed E-state index contributed by atoms with van der Waals surface area (Å²) in [4.78, 5) is 12.1. The number of ether oxygens (including phenoxy) is 1. The summed E-state index contributed by atoms with van der Waals surface area (Å²) in [6.07, 6.45) is 2.96. The fourth-order valence-corrected chi connectivity index (χ4v) is 2.40. The molecule has 4 nitrogen and oxygen atoms in total. The van der Waals surface area contributed by atoms with Gasteiger partial charge in [0.15, 0.2) is 5.43 Å². The molecule has 2 aromatic rings. The first-order chi connectivity index (χ1) is 10.7. The molecule has 0 amide bonds. The number of aryl methyl sites for hydroxylation is 1. The molecule has 0 bridgehead atoms. The first-order valence-electron chi connectivity index (χ1n) is 7.82. The zero-order valence-corrected chi connectivity index (χ0v) is 13.6. The Bertz CT molecular complexity index is 677. The highest BCUT2D eigenvalue weighted by atomic mass is 16.5. The van der Waals surface area contributed by atoms with Gasteiger partial charge in [0, 0.05) is 30.1 Å². The van der Waals surface area contributed by atoms with E-state index in [9.17, 15) is 4.79 Å². The summed E-state index contributed by atoms with van der Waals surface area (Å²) < 4.78 is 7.72. The quantitative estimate of drug-likeness (QED) is 0.799. The van der Waals surface area contributed by atoms with Gasteiger partial charge in [-0.15, -0.1) is 0 Å². The molecule has 1 aromatic carbocycles. The Balaban J connectivity index is 2.42. The Morgan fingerprint density at radius 1 is 1.23 bits per heavy atom. The average molecular weight is 300 g/mol. The molecule has 2 rings (SSSR count). The van der Waals surface area contributed by atoms with Crippen molar-refractivity contribution in [2.75, 3.05) is 13.2 Å². The third kappa shape index (κ3) is 3.77. The van der Waals surface area contributed by atoms with Crippen molar-refractivity contribution in [2.45, 2.75) is 33.7 Å². The predicted molar refractivity (Wildman–Crippen MR) is 89.9 cm³/mol. The summed E-state index contributed by atoms with van der Waals surface area (Å²) in [6.45, 7) is 8.12. The number of nitrogens with zero attached hydrogens (tertiary/aromatic N) is 1. The van der Waals surface area contributed by atoms with E-state index in [-0.39, 0.29) is 5.43 Å². The van der Waals surface area contributed by atoms with Crippen LogP contribution in [0.25, 0.3) is 5.69 Å². The Morgan fingerprint density at radius 3 is 2.73 bits per heavy atom. The molecule has 0 saturated carbocycles. The van der Waals surface area contributed by atoms with Crippen molar-refractivity contribution in [3.63, 3.8) is 0 Å². The highest BCUT2D eigenvalue weighted by Gasteiger charge is 2.09. The van der Waals surface area contributed by atoms with Crippen LogP contribution in [0.1, 0.15) is 31.5 Å². The molecule has 1 aromatic heterocycles. The maximum Gasteiger partial charge on any atom is 0.186 e. The molecule has 0 saturated heterocycles. The van der Waals surface area contributed by atoms with Crippen molar-refractivity contribution in [1.29, 1.82) is 0 Å². The molecular formula is C18H24N2O2. The lowest BCUT2D eigenvalue weighted by molar-refractivity contribution is 0.339. The lowest BCUT2D eigenvalue weighted by Gasteiger charge is -2.16. The molecule has 0 radical (unpaired) electrons. The zero-order valence-electron chi connectivity index (χ0n) is 13.6. The SMILES string of the molecule is CCCNCc1cn(-c2ccccc2OCC)c(C)cc1=O. The fraction of sp³-hybridized carbons (Fsp3) is 0.389. The Labute approximate surface area is 131 Å². The van der Waals surface area contributed by atoms with Crippen LogP contribution < -0.4 is 15.5 Å². The summed E-state index contributed by atoms with van der Waals surface area (Å²) in [5.41, 5.74) is 2.70. The second-order valence-electron chi connectivity index (χ2n) is 5.25. The van der Waals surface area contributed by atoms with Crippen molar-refractivity contribution >= 4 is 0 Å². The number of para-hydroxylation sites is 2. The van der Waals surface area contributed by atoms with E-state index in [0.29, 0.717) is 13.2 Å². The first kappa shape index (κ1) is 16.3. The summed E-state index contributed by atoms with van der Waals surface area (Å²) >= 11 is 0. The standard InChI is InChI=1S/C18H24N2O2/c1-4-10-19-12-15-13-20(14(3)11-17(15)21)16-8-6-7-9-18(16)22-5-2/h6-9,11,13,19H,4-5,10,12H2,1-3H3. The van der Waals surface area contributed by atoms with Crippen LogP contribution in [0.5, 0.6) is 5.75 Å². The van der Waals surface area contributed by atoms with Gasteiger partial charge in [0.25, 0.3) is 0 Å². The summed E-state index contributed by atoms with van der Waals surface area (Å²) in [5.74, 6) is 0.823. The van der Waals surface area contributed by atoms with E-state index in [1.807, 2.05) is 48.9 Å². The number of rotatable bonds is 7. The molecule has 0 aliphatic carbocycles. The minimum atomic E-state index is 0.0752. The fourth-order valence-electron chi connectivity index (χ4n) is 2.40. The smallest absolute Gasteiger partial charge is 0.186 e. The molecule has 4 heteroatoms. The van der Waals surface area contributed by atoms with Crippen LogP contribution >= 0.6 is 0 Å². The second kappa shape index (κ2) is 7.80. The van der Waals surface area contributed by atoms with Gasteiger partial charge in [-0.25, -0.2) is 0 Å². The molecule has 0 spiro atoms. The Kier molecular flexibility index (Phi) is 5.78. The zero-order chi connectivity index (χ0) is 15.9. The number of aromatic nitrogens is 1. The third-order valence-electron chi connectivity index (χ3n) is 3.49. The Hall–Kier alpha value is -2.07. The van der Waals surface area contributed by atoms with E-state index in [2.05, 4.69) is 12.2 Å². The van der Waals surface area contributed by atoms with Crippen LogP contribution in [-0.4, -0.2) is 17.7 Å². The highest BCUT2D eigenvalue weighted by Crippen LogP contribution is 2.23. The van der Waals surface area contributed by atoms with Crippen molar-refractivity contribution in [3.8, 4) is 11.4 Å². The van der Waals surface area contributed by atoms with Crippen LogP contribution in [0.4, 0.5) is 0 Å². The normalized spacial score (nSPS) is 10.7. The summed E-state index contributed by atoms with van der Waals surface area (Å²) in [7, 11) is 0. The number of nitrogens with one attached hydrogen (secondary N) is 1. The topological polar surface area (TPSA) is 43.3 Å². The van der Waals surface area contributed by atoms with E-state index in [0.717, 1.165) is 35.7 Å². The third-order valence-corrected chi connectivity index (χ3v) is 3.49. The largest absolute Gasteiger partial charge is 0.492 e. The molecule has 0 unspecified atom stereocenters. The number of benzene rings is 1. The van der Waals surface area contributed by atoms with E-state index in [4.69, 9.17) is 4.74 Å². The number of hydrogen-bond donors (Lipinski definition) is 1. The van der Waals surface area contributed by atoms with Crippen LogP contribution in [-0.2, 0) is 6.54 Å². The number of pyridine rings is 1. The van der Waals surface area contributed by atoms with Gasteiger partial charge in [-0.05, 0) is 38.9 Å². The average Bonchev–Trinajstić information content (AvgIpc) is 2.51. The molecule has 0 atom stereocenters. The molecule has 1 N–H and O–H groups in total. The minimum absolute atomic E-state index is 0.0752. The molecule has 22 heavy (non-hydrogen) atoms. The second-order valence-corrected chi connectivity index (χ2v) is 5.25. The van der Waals surface area contributed by atoms with Gasteiger partial charge in [0.2, 0.25) is 0 Å². The van der Waals surface area contributed by atoms with Gasteiger partial charge in [-0.2, -0.15) is 0 Å². The lowest BCUT2D eigenvalue weighted by atomic mass is 10.2. The monoisotopic (exact) mass is 300 g/mol. The maximum atomic E-state index is 12.1. The Morgan fingerprint density at radius 2 is 2.00 bits per heavy atom. The van der Waals surface area contributed by atoms with E-state index in [1.165, 1.54) is 0 Å². The van der Waals surface area contributed by atoms with Crippen LogP contribution in [0, 0.1) is 6.92 Å². The first-order valence-corrected chi connectivity index (χ1v) is 7.82. The lowest BCUT2D eigenvalue weighted by Crippen LogP contribution is -2.22. The van der Waals surface area contributed by atoms with Gasteiger partial charge in [-0.3, -0.25) is 4.79 Å². The molecule has 118 valence electrons. The molecular weight excluding hydrogens is 276 g/mol. The van der Waals surface area contributed by atoms with Crippen LogP contribution in [0.3, 0.4) is 0 Å². The molecule has 0 aliphatic rings. The summed E-state index contributed by atoms with van der Waals surface area (Å²) in [6, 6.07) is 9.57. The van der Waals surface area contributed by atoms with Crippen molar-refractivity contribution in [1.82, 2.24) is 9.88 Å². The minimum Gasteiger partial charge on any atom is -0.492 e. The van der Waals surface area contributed by atoms with Crippen molar-refractivity contribution in [2.24, 2.45) is 0 Å². The summed E-state index contributed by atoms with van der Waals surface area (Å²) in [5, 5.41) is 3.29. The molecule has 0 aliphatic heterocycles. The van der Waals surface area contributed by atoms with Crippen molar-refractivity contribution in [3.05, 3.63) is 58.0 Å². The van der Waals surface area contributed by atoms with Gasteiger partial charge in [0.05, 0.1) is 12.3 Å². The number of hydrogen-bond acceptors (Lipinski definition) is 3. The van der Waals surface area contributed by atoms with Crippen LogP contribution in [0.2, 0.25) is 0 Å². The highest BCUT2D eigenvalue weighted by molar-refractivity contribution is 5.48. The van der Waals surface area contributed by atoms with Gasteiger partial charge in [-0.1, -0.05) is 19.1 Å². The predicted octanol–water partition coefficient (Wildman–Crippen LogP) is 3.04. The maximum absolute atomic E-state index is 12.1. The van der Waals surface area contributed by atoms with Crippen molar-refractivity contribution < 1.29 is 4.74 Å². The van der Waals surface area contributed by atoms with E-state index in [1.54, 1.807) is 6.07 Å². The van der Waals surface area contributed by atoms with Gasteiger partial charge < -0.3 is 14.6 Å².